The van der Waals surface area contributed by atoms with E-state index in [1.807, 2.05) is 13.0 Å². The average molecular weight is 276 g/mol. The third-order valence-corrected chi connectivity index (χ3v) is 2.82. The second-order valence-electron chi connectivity index (χ2n) is 4.32. The first-order chi connectivity index (χ1) is 9.67. The molecular formula is C16H20O4. The molecular weight excluding hydrogens is 256 g/mol. The minimum atomic E-state index is -0.418. The highest BCUT2D eigenvalue weighted by Crippen LogP contribution is 2.08. The zero-order valence-electron chi connectivity index (χ0n) is 11.7. The zero-order chi connectivity index (χ0) is 14.8. The van der Waals surface area contributed by atoms with Crippen LogP contribution in [-0.4, -0.2) is 24.6 Å². The van der Waals surface area contributed by atoms with Gasteiger partial charge in [-0.1, -0.05) is 31.7 Å². The summed E-state index contributed by atoms with van der Waals surface area (Å²) < 4.78 is 10.3. The molecule has 0 aliphatic heterocycles. The van der Waals surface area contributed by atoms with Crippen molar-refractivity contribution in [1.29, 1.82) is 0 Å². The molecule has 1 rings (SSSR count). The normalized spacial score (nSPS) is 11.4. The maximum absolute atomic E-state index is 11.7. The molecule has 0 saturated heterocycles. The quantitative estimate of drug-likeness (QED) is 0.416. The van der Waals surface area contributed by atoms with Gasteiger partial charge in [0.05, 0.1) is 12.2 Å². The van der Waals surface area contributed by atoms with E-state index in [2.05, 4.69) is 6.58 Å². The molecule has 1 aromatic carbocycles. The Bertz CT molecular complexity index is 439. The molecule has 4 heteroatoms. The largest absolute Gasteiger partial charge is 0.462 e. The van der Waals surface area contributed by atoms with Crippen molar-refractivity contribution < 1.29 is 19.1 Å². The molecule has 0 heterocycles. The smallest absolute Gasteiger partial charge is 0.338 e. The number of esters is 2. The van der Waals surface area contributed by atoms with Gasteiger partial charge in [-0.15, -0.1) is 0 Å². The highest BCUT2D eigenvalue weighted by molar-refractivity contribution is 5.89. The Morgan fingerprint density at radius 1 is 1.30 bits per heavy atom. The minimum absolute atomic E-state index is 0.157. The van der Waals surface area contributed by atoms with Gasteiger partial charge in [0, 0.05) is 6.08 Å². The third-order valence-electron chi connectivity index (χ3n) is 2.82. The Morgan fingerprint density at radius 2 is 2.00 bits per heavy atom. The molecule has 0 saturated carbocycles. The molecule has 0 aliphatic rings. The van der Waals surface area contributed by atoms with Gasteiger partial charge >= 0.3 is 11.9 Å². The first-order valence-electron chi connectivity index (χ1n) is 6.72. The fourth-order valence-corrected chi connectivity index (χ4v) is 1.69. The van der Waals surface area contributed by atoms with Gasteiger partial charge in [-0.25, -0.2) is 9.59 Å². The standard InChI is InChI=1S/C16H20O4/c1-3-14(20-15(17)4-2)11-8-12-19-16(18)13-9-6-5-7-10-13/h4-7,9-10,14H,2-3,8,11-12H2,1H3. The van der Waals surface area contributed by atoms with Crippen LogP contribution in [0.4, 0.5) is 0 Å². The van der Waals surface area contributed by atoms with Crippen molar-refractivity contribution in [1.82, 2.24) is 0 Å². The van der Waals surface area contributed by atoms with Gasteiger partial charge in [0.25, 0.3) is 0 Å². The van der Waals surface area contributed by atoms with Crippen LogP contribution in [0.25, 0.3) is 0 Å². The van der Waals surface area contributed by atoms with E-state index in [0.717, 1.165) is 12.5 Å². The Labute approximate surface area is 119 Å². The van der Waals surface area contributed by atoms with E-state index < -0.39 is 5.97 Å². The molecule has 0 amide bonds. The van der Waals surface area contributed by atoms with Crippen molar-refractivity contribution >= 4 is 11.9 Å². The summed E-state index contributed by atoms with van der Waals surface area (Å²) in [7, 11) is 0. The summed E-state index contributed by atoms with van der Waals surface area (Å²) in [5.41, 5.74) is 0.539. The van der Waals surface area contributed by atoms with Gasteiger partial charge in [-0.3, -0.25) is 0 Å². The lowest BCUT2D eigenvalue weighted by atomic mass is 10.1. The van der Waals surface area contributed by atoms with E-state index in [-0.39, 0.29) is 12.1 Å². The van der Waals surface area contributed by atoms with Crippen LogP contribution < -0.4 is 0 Å². The van der Waals surface area contributed by atoms with Crippen molar-refractivity contribution in [3.63, 3.8) is 0 Å². The van der Waals surface area contributed by atoms with Crippen molar-refractivity contribution in [3.05, 3.63) is 48.6 Å². The predicted molar refractivity (Wildman–Crippen MR) is 76.3 cm³/mol. The van der Waals surface area contributed by atoms with Crippen molar-refractivity contribution in [3.8, 4) is 0 Å². The molecule has 0 radical (unpaired) electrons. The Kier molecular flexibility index (Phi) is 7.11. The maximum atomic E-state index is 11.7. The number of carbonyl (C=O) groups is 2. The summed E-state index contributed by atoms with van der Waals surface area (Å²) >= 11 is 0. The highest BCUT2D eigenvalue weighted by atomic mass is 16.5. The number of carbonyl (C=O) groups excluding carboxylic acids is 2. The van der Waals surface area contributed by atoms with Gasteiger partial charge in [-0.2, -0.15) is 0 Å². The van der Waals surface area contributed by atoms with Gasteiger partial charge in [-0.05, 0) is 31.4 Å². The van der Waals surface area contributed by atoms with E-state index in [1.165, 1.54) is 0 Å². The fraction of sp³-hybridized carbons (Fsp3) is 0.375. The summed E-state index contributed by atoms with van der Waals surface area (Å²) in [5.74, 6) is -0.750. The number of hydrogen-bond donors (Lipinski definition) is 0. The topological polar surface area (TPSA) is 52.6 Å². The molecule has 20 heavy (non-hydrogen) atoms. The minimum Gasteiger partial charge on any atom is -0.462 e. The lowest BCUT2D eigenvalue weighted by molar-refractivity contribution is -0.143. The molecule has 0 aromatic heterocycles. The van der Waals surface area contributed by atoms with Crippen molar-refractivity contribution in [2.45, 2.75) is 32.3 Å². The Morgan fingerprint density at radius 3 is 2.60 bits per heavy atom. The number of hydrogen-bond acceptors (Lipinski definition) is 4. The molecule has 1 aromatic rings. The van der Waals surface area contributed by atoms with Crippen molar-refractivity contribution in [2.24, 2.45) is 0 Å². The summed E-state index contributed by atoms with van der Waals surface area (Å²) in [5, 5.41) is 0. The van der Waals surface area contributed by atoms with Crippen LogP contribution in [0.15, 0.2) is 43.0 Å². The van der Waals surface area contributed by atoms with Gasteiger partial charge in [0.2, 0.25) is 0 Å². The summed E-state index contributed by atoms with van der Waals surface area (Å²) in [6.45, 7) is 5.61. The number of benzene rings is 1. The van der Waals surface area contributed by atoms with Gasteiger partial charge in [0.1, 0.15) is 6.10 Å². The maximum Gasteiger partial charge on any atom is 0.338 e. The average Bonchev–Trinajstić information content (AvgIpc) is 2.50. The van der Waals surface area contributed by atoms with Crippen LogP contribution >= 0.6 is 0 Å². The summed E-state index contributed by atoms with van der Waals surface area (Å²) in [4.78, 5) is 22.7. The lowest BCUT2D eigenvalue weighted by Crippen LogP contribution is -2.17. The van der Waals surface area contributed by atoms with E-state index >= 15 is 0 Å². The van der Waals surface area contributed by atoms with Crippen LogP contribution in [0, 0.1) is 0 Å². The predicted octanol–water partition coefficient (Wildman–Crippen LogP) is 3.13. The van der Waals surface area contributed by atoms with Gasteiger partial charge in [0.15, 0.2) is 0 Å². The molecule has 0 aliphatic carbocycles. The molecule has 0 fully saturated rings. The van der Waals surface area contributed by atoms with E-state index in [1.54, 1.807) is 24.3 Å². The summed E-state index contributed by atoms with van der Waals surface area (Å²) in [6.07, 6.45) is 3.04. The first kappa shape index (κ1) is 16.0. The van der Waals surface area contributed by atoms with E-state index in [9.17, 15) is 9.59 Å². The molecule has 1 unspecified atom stereocenters. The first-order valence-corrected chi connectivity index (χ1v) is 6.72. The van der Waals surface area contributed by atoms with E-state index in [4.69, 9.17) is 9.47 Å². The van der Waals surface area contributed by atoms with Crippen LogP contribution in [0.3, 0.4) is 0 Å². The van der Waals surface area contributed by atoms with Gasteiger partial charge < -0.3 is 9.47 Å². The second kappa shape index (κ2) is 8.91. The second-order valence-corrected chi connectivity index (χ2v) is 4.32. The molecule has 0 N–H and O–H groups in total. The molecule has 0 spiro atoms. The lowest BCUT2D eigenvalue weighted by Gasteiger charge is -2.14. The fourth-order valence-electron chi connectivity index (χ4n) is 1.69. The Hall–Kier alpha value is -2.10. The monoisotopic (exact) mass is 276 g/mol. The van der Waals surface area contributed by atoms with Crippen molar-refractivity contribution in [2.75, 3.05) is 6.61 Å². The van der Waals surface area contributed by atoms with Crippen LogP contribution in [0.1, 0.15) is 36.5 Å². The zero-order valence-corrected chi connectivity index (χ0v) is 11.7. The summed E-state index contributed by atoms with van der Waals surface area (Å²) in [6, 6.07) is 8.85. The highest BCUT2D eigenvalue weighted by Gasteiger charge is 2.11. The van der Waals surface area contributed by atoms with Crippen LogP contribution in [0.2, 0.25) is 0 Å². The molecule has 108 valence electrons. The van der Waals surface area contributed by atoms with Crippen LogP contribution in [0.5, 0.6) is 0 Å². The SMILES string of the molecule is C=CC(=O)OC(CC)CCCOC(=O)c1ccccc1. The molecule has 1 atom stereocenters. The van der Waals surface area contributed by atoms with Crippen LogP contribution in [-0.2, 0) is 14.3 Å². The third kappa shape index (κ3) is 5.69. The molecule has 4 nitrogen and oxygen atoms in total. The Balaban J connectivity index is 2.25. The number of rotatable bonds is 8. The molecule has 0 bridgehead atoms. The van der Waals surface area contributed by atoms with E-state index in [0.29, 0.717) is 25.0 Å². The number of ether oxygens (including phenoxy) is 2.